The van der Waals surface area contributed by atoms with Crippen LogP contribution < -0.4 is 10.1 Å². The molecule has 0 heterocycles. The minimum atomic E-state index is -0.110. The van der Waals surface area contributed by atoms with Gasteiger partial charge in [-0.05, 0) is 48.5 Å². The Balaban J connectivity index is 2.06. The van der Waals surface area contributed by atoms with Gasteiger partial charge in [-0.2, -0.15) is 5.26 Å². The van der Waals surface area contributed by atoms with E-state index in [1.54, 1.807) is 48.5 Å². The summed E-state index contributed by atoms with van der Waals surface area (Å²) in [6.45, 7) is 1.46. The van der Waals surface area contributed by atoms with Crippen molar-refractivity contribution in [1.82, 2.24) is 0 Å². The van der Waals surface area contributed by atoms with Crippen LogP contribution in [0.2, 0.25) is 0 Å². The Bertz CT molecular complexity index is 610. The molecule has 2 aromatic rings. The lowest BCUT2D eigenvalue weighted by Gasteiger charge is -2.07. The van der Waals surface area contributed by atoms with Crippen LogP contribution in [0.15, 0.2) is 48.5 Å². The van der Waals surface area contributed by atoms with Gasteiger partial charge in [0.2, 0.25) is 5.91 Å². The highest BCUT2D eigenvalue weighted by molar-refractivity contribution is 5.88. The number of nitriles is 1. The minimum Gasteiger partial charge on any atom is -0.457 e. The first-order chi connectivity index (χ1) is 9.17. The number of rotatable bonds is 3. The first-order valence-electron chi connectivity index (χ1n) is 5.73. The number of hydrogen-bond acceptors (Lipinski definition) is 3. The molecular formula is C15H12N2O2. The molecule has 2 rings (SSSR count). The Hall–Kier alpha value is -2.80. The fourth-order valence-electron chi connectivity index (χ4n) is 1.54. The molecular weight excluding hydrogens is 240 g/mol. The summed E-state index contributed by atoms with van der Waals surface area (Å²) in [6.07, 6.45) is 0. The molecule has 4 heteroatoms. The number of carbonyl (C=O) groups is 1. The highest BCUT2D eigenvalue weighted by Gasteiger charge is 1.99. The van der Waals surface area contributed by atoms with Crippen molar-refractivity contribution in [2.75, 3.05) is 5.32 Å². The molecule has 1 amide bonds. The Morgan fingerprint density at radius 2 is 1.58 bits per heavy atom. The maximum Gasteiger partial charge on any atom is 0.221 e. The predicted octanol–water partition coefficient (Wildman–Crippen LogP) is 3.31. The molecule has 1 N–H and O–H groups in total. The average Bonchev–Trinajstić information content (AvgIpc) is 2.41. The fourth-order valence-corrected chi connectivity index (χ4v) is 1.54. The van der Waals surface area contributed by atoms with Crippen LogP contribution >= 0.6 is 0 Å². The van der Waals surface area contributed by atoms with Crippen LogP contribution in [0.1, 0.15) is 12.5 Å². The fraction of sp³-hybridized carbons (Fsp3) is 0.0667. The molecule has 0 fully saturated rings. The van der Waals surface area contributed by atoms with E-state index in [2.05, 4.69) is 5.32 Å². The minimum absolute atomic E-state index is 0.110. The van der Waals surface area contributed by atoms with Gasteiger partial charge in [-0.15, -0.1) is 0 Å². The van der Waals surface area contributed by atoms with E-state index in [4.69, 9.17) is 10.00 Å². The molecule has 2 aromatic carbocycles. The van der Waals surface area contributed by atoms with Crippen molar-refractivity contribution in [2.45, 2.75) is 6.92 Å². The van der Waals surface area contributed by atoms with Gasteiger partial charge in [0.15, 0.2) is 0 Å². The average molecular weight is 252 g/mol. The molecule has 0 saturated heterocycles. The van der Waals surface area contributed by atoms with E-state index in [-0.39, 0.29) is 5.91 Å². The van der Waals surface area contributed by atoms with Crippen molar-refractivity contribution in [3.05, 3.63) is 54.1 Å². The molecule has 0 spiro atoms. The number of ether oxygens (including phenoxy) is 1. The van der Waals surface area contributed by atoms with Gasteiger partial charge in [-0.25, -0.2) is 0 Å². The SMILES string of the molecule is CC(=O)Nc1ccc(Oc2ccc(C#N)cc2)cc1. The summed E-state index contributed by atoms with van der Waals surface area (Å²) in [4.78, 5) is 10.9. The van der Waals surface area contributed by atoms with Crippen LogP contribution in [0.4, 0.5) is 5.69 Å². The summed E-state index contributed by atoms with van der Waals surface area (Å²) in [5.41, 5.74) is 1.31. The molecule has 0 aromatic heterocycles. The molecule has 0 aliphatic rings. The highest BCUT2D eigenvalue weighted by Crippen LogP contribution is 2.23. The largest absolute Gasteiger partial charge is 0.457 e. The van der Waals surface area contributed by atoms with Crippen molar-refractivity contribution in [3.8, 4) is 17.6 Å². The molecule has 0 unspecified atom stereocenters. The maximum atomic E-state index is 10.9. The first-order valence-corrected chi connectivity index (χ1v) is 5.73. The van der Waals surface area contributed by atoms with Gasteiger partial charge in [-0.1, -0.05) is 0 Å². The molecule has 94 valence electrons. The predicted molar refractivity (Wildman–Crippen MR) is 72.0 cm³/mol. The van der Waals surface area contributed by atoms with Gasteiger partial charge in [0, 0.05) is 12.6 Å². The monoisotopic (exact) mass is 252 g/mol. The van der Waals surface area contributed by atoms with Crippen LogP contribution in [0.25, 0.3) is 0 Å². The molecule has 19 heavy (non-hydrogen) atoms. The van der Waals surface area contributed by atoms with Crippen LogP contribution in [-0.4, -0.2) is 5.91 Å². The number of anilines is 1. The van der Waals surface area contributed by atoms with Gasteiger partial charge < -0.3 is 10.1 Å². The van der Waals surface area contributed by atoms with E-state index in [0.29, 0.717) is 17.1 Å². The van der Waals surface area contributed by atoms with Crippen molar-refractivity contribution in [2.24, 2.45) is 0 Å². The standard InChI is InChI=1S/C15H12N2O2/c1-11(18)17-13-4-8-15(9-5-13)19-14-6-2-12(10-16)3-7-14/h2-9H,1H3,(H,17,18). The second-order valence-corrected chi connectivity index (χ2v) is 3.94. The summed E-state index contributed by atoms with van der Waals surface area (Å²) < 4.78 is 5.62. The first kappa shape index (κ1) is 12.7. The zero-order chi connectivity index (χ0) is 13.7. The Morgan fingerprint density at radius 3 is 2.05 bits per heavy atom. The third kappa shape index (κ3) is 3.58. The van der Waals surface area contributed by atoms with Gasteiger partial charge >= 0.3 is 0 Å². The van der Waals surface area contributed by atoms with E-state index < -0.39 is 0 Å². The van der Waals surface area contributed by atoms with Crippen molar-refractivity contribution >= 4 is 11.6 Å². The topological polar surface area (TPSA) is 62.1 Å². The second-order valence-electron chi connectivity index (χ2n) is 3.94. The maximum absolute atomic E-state index is 10.9. The summed E-state index contributed by atoms with van der Waals surface area (Å²) in [5.74, 6) is 1.21. The lowest BCUT2D eigenvalue weighted by atomic mass is 10.2. The van der Waals surface area contributed by atoms with Gasteiger partial charge in [-0.3, -0.25) is 4.79 Å². The zero-order valence-corrected chi connectivity index (χ0v) is 10.4. The van der Waals surface area contributed by atoms with Crippen LogP contribution in [0.5, 0.6) is 11.5 Å². The molecule has 0 radical (unpaired) electrons. The lowest BCUT2D eigenvalue weighted by molar-refractivity contribution is -0.114. The number of hydrogen-bond donors (Lipinski definition) is 1. The van der Waals surface area contributed by atoms with Crippen molar-refractivity contribution in [3.63, 3.8) is 0 Å². The molecule has 0 bridgehead atoms. The molecule has 4 nitrogen and oxygen atoms in total. The number of nitrogens with zero attached hydrogens (tertiary/aromatic N) is 1. The number of carbonyl (C=O) groups excluding carboxylic acids is 1. The third-order valence-electron chi connectivity index (χ3n) is 2.39. The second kappa shape index (κ2) is 5.69. The Morgan fingerprint density at radius 1 is 1.05 bits per heavy atom. The van der Waals surface area contributed by atoms with E-state index >= 15 is 0 Å². The Labute approximate surface area is 111 Å². The molecule has 0 atom stereocenters. The van der Waals surface area contributed by atoms with E-state index in [0.717, 1.165) is 5.69 Å². The van der Waals surface area contributed by atoms with E-state index in [9.17, 15) is 4.79 Å². The summed E-state index contributed by atoms with van der Waals surface area (Å²) in [7, 11) is 0. The summed E-state index contributed by atoms with van der Waals surface area (Å²) in [5, 5.41) is 11.4. The smallest absolute Gasteiger partial charge is 0.221 e. The lowest BCUT2D eigenvalue weighted by Crippen LogP contribution is -2.05. The van der Waals surface area contributed by atoms with Gasteiger partial charge in [0.25, 0.3) is 0 Å². The van der Waals surface area contributed by atoms with Crippen molar-refractivity contribution in [1.29, 1.82) is 5.26 Å². The summed E-state index contributed by atoms with van der Waals surface area (Å²) in [6, 6.07) is 16.0. The third-order valence-corrected chi connectivity index (χ3v) is 2.39. The summed E-state index contributed by atoms with van der Waals surface area (Å²) >= 11 is 0. The van der Waals surface area contributed by atoms with Crippen LogP contribution in [-0.2, 0) is 4.79 Å². The molecule has 0 saturated carbocycles. The number of benzene rings is 2. The van der Waals surface area contributed by atoms with E-state index in [1.165, 1.54) is 6.92 Å². The number of nitrogens with one attached hydrogen (secondary N) is 1. The molecule has 0 aliphatic carbocycles. The van der Waals surface area contributed by atoms with E-state index in [1.807, 2.05) is 6.07 Å². The number of amides is 1. The normalized spacial score (nSPS) is 9.47. The molecule has 0 aliphatic heterocycles. The van der Waals surface area contributed by atoms with Crippen LogP contribution in [0, 0.1) is 11.3 Å². The quantitative estimate of drug-likeness (QED) is 0.911. The zero-order valence-electron chi connectivity index (χ0n) is 10.4. The van der Waals surface area contributed by atoms with Crippen LogP contribution in [0.3, 0.4) is 0 Å². The Kier molecular flexibility index (Phi) is 3.79. The van der Waals surface area contributed by atoms with Gasteiger partial charge in [0.1, 0.15) is 11.5 Å². The van der Waals surface area contributed by atoms with Crippen molar-refractivity contribution < 1.29 is 9.53 Å². The highest BCUT2D eigenvalue weighted by atomic mass is 16.5. The van der Waals surface area contributed by atoms with Gasteiger partial charge in [0.05, 0.1) is 11.6 Å².